The zero-order valence-electron chi connectivity index (χ0n) is 11.6. The Kier molecular flexibility index (Phi) is 3.60. The Hall–Kier alpha value is -2.37. The monoisotopic (exact) mass is 306 g/mol. The first-order valence-electron chi connectivity index (χ1n) is 6.90. The van der Waals surface area contributed by atoms with Gasteiger partial charge in [0.2, 0.25) is 0 Å². The van der Waals surface area contributed by atoms with E-state index in [2.05, 4.69) is 4.98 Å². The van der Waals surface area contributed by atoms with Crippen molar-refractivity contribution >= 4 is 11.6 Å². The number of hydrogen-bond acceptors (Lipinski definition) is 2. The Morgan fingerprint density at radius 2 is 1.91 bits per heavy atom. The summed E-state index contributed by atoms with van der Waals surface area (Å²) in [7, 11) is 0. The van der Waals surface area contributed by atoms with E-state index in [0.29, 0.717) is 6.54 Å². The number of alkyl halides is 3. The van der Waals surface area contributed by atoms with Gasteiger partial charge in [-0.3, -0.25) is 9.78 Å². The van der Waals surface area contributed by atoms with Crippen LogP contribution in [0.3, 0.4) is 0 Å². The summed E-state index contributed by atoms with van der Waals surface area (Å²) in [6.07, 6.45) is -1.79. The Morgan fingerprint density at radius 1 is 1.14 bits per heavy atom. The van der Waals surface area contributed by atoms with E-state index in [1.807, 2.05) is 24.3 Å². The second kappa shape index (κ2) is 5.44. The van der Waals surface area contributed by atoms with Crippen LogP contribution in [0.4, 0.5) is 18.9 Å². The van der Waals surface area contributed by atoms with Gasteiger partial charge >= 0.3 is 6.18 Å². The number of carbonyl (C=O) groups excluding carboxylic acids is 1. The predicted molar refractivity (Wildman–Crippen MR) is 75.7 cm³/mol. The minimum Gasteiger partial charge on any atom is -0.308 e. The van der Waals surface area contributed by atoms with E-state index in [-0.39, 0.29) is 11.5 Å². The van der Waals surface area contributed by atoms with Gasteiger partial charge in [-0.25, -0.2) is 0 Å². The predicted octanol–water partition coefficient (Wildman–Crippen LogP) is 3.69. The molecule has 1 amide bonds. The van der Waals surface area contributed by atoms with Crippen LogP contribution in [-0.2, 0) is 12.6 Å². The van der Waals surface area contributed by atoms with Gasteiger partial charge in [0.25, 0.3) is 5.91 Å². The van der Waals surface area contributed by atoms with Crippen LogP contribution in [0.15, 0.2) is 42.6 Å². The van der Waals surface area contributed by atoms with E-state index in [1.54, 1.807) is 4.90 Å². The van der Waals surface area contributed by atoms with Crippen LogP contribution in [0.1, 0.15) is 28.0 Å². The summed E-state index contributed by atoms with van der Waals surface area (Å²) in [5, 5.41) is 0. The Morgan fingerprint density at radius 3 is 2.59 bits per heavy atom. The SMILES string of the molecule is O=C(c1ccc(C(F)(F)F)nc1)N1CCCc2ccccc21. The number of hydrogen-bond donors (Lipinski definition) is 0. The minimum atomic E-state index is -4.50. The summed E-state index contributed by atoms with van der Waals surface area (Å²) in [4.78, 5) is 17.5. The zero-order valence-corrected chi connectivity index (χ0v) is 11.6. The van der Waals surface area contributed by atoms with Gasteiger partial charge in [-0.05, 0) is 36.6 Å². The Bertz CT molecular complexity index is 695. The number of amides is 1. The highest BCUT2D eigenvalue weighted by Crippen LogP contribution is 2.29. The second-order valence-electron chi connectivity index (χ2n) is 5.12. The van der Waals surface area contributed by atoms with Crippen LogP contribution >= 0.6 is 0 Å². The van der Waals surface area contributed by atoms with Crippen molar-refractivity contribution in [2.75, 3.05) is 11.4 Å². The number of benzene rings is 1. The molecule has 6 heteroatoms. The number of halogens is 3. The van der Waals surface area contributed by atoms with E-state index >= 15 is 0 Å². The van der Waals surface area contributed by atoms with Crippen molar-refractivity contribution in [3.05, 3.63) is 59.4 Å². The molecular formula is C16H13F3N2O. The maximum absolute atomic E-state index is 12.5. The molecule has 22 heavy (non-hydrogen) atoms. The van der Waals surface area contributed by atoms with Crippen LogP contribution in [0, 0.1) is 0 Å². The number of aromatic nitrogens is 1. The molecule has 3 rings (SSSR count). The number of nitrogens with zero attached hydrogens (tertiary/aromatic N) is 2. The summed E-state index contributed by atoms with van der Waals surface area (Å²) in [5.74, 6) is -0.326. The molecule has 0 unspecified atom stereocenters. The summed E-state index contributed by atoms with van der Waals surface area (Å²) < 4.78 is 37.5. The molecule has 0 N–H and O–H groups in total. The van der Waals surface area contributed by atoms with Crippen LogP contribution in [0.2, 0.25) is 0 Å². The fraction of sp³-hybridized carbons (Fsp3) is 0.250. The first-order valence-corrected chi connectivity index (χ1v) is 6.90. The first-order chi connectivity index (χ1) is 10.5. The van der Waals surface area contributed by atoms with Gasteiger partial charge in [-0.1, -0.05) is 18.2 Å². The molecule has 2 aromatic rings. The maximum atomic E-state index is 12.5. The number of carbonyl (C=O) groups is 1. The van der Waals surface area contributed by atoms with E-state index < -0.39 is 11.9 Å². The van der Waals surface area contributed by atoms with Gasteiger partial charge < -0.3 is 4.90 Å². The molecule has 1 aromatic heterocycles. The fourth-order valence-corrected chi connectivity index (χ4v) is 2.59. The number of aryl methyl sites for hydroxylation is 1. The normalized spacial score (nSPS) is 14.6. The van der Waals surface area contributed by atoms with Gasteiger partial charge in [0.15, 0.2) is 0 Å². The van der Waals surface area contributed by atoms with Crippen LogP contribution < -0.4 is 4.90 Å². The second-order valence-corrected chi connectivity index (χ2v) is 5.12. The molecule has 0 aliphatic carbocycles. The van der Waals surface area contributed by atoms with Crippen molar-refractivity contribution in [3.63, 3.8) is 0 Å². The zero-order chi connectivity index (χ0) is 15.7. The lowest BCUT2D eigenvalue weighted by molar-refractivity contribution is -0.141. The third kappa shape index (κ3) is 2.68. The lowest BCUT2D eigenvalue weighted by atomic mass is 10.0. The number of pyridine rings is 1. The van der Waals surface area contributed by atoms with Crippen molar-refractivity contribution in [1.82, 2.24) is 4.98 Å². The first kappa shape index (κ1) is 14.6. The maximum Gasteiger partial charge on any atom is 0.433 e. The van der Waals surface area contributed by atoms with E-state index in [4.69, 9.17) is 0 Å². The van der Waals surface area contributed by atoms with E-state index in [1.165, 1.54) is 6.07 Å². The molecule has 2 heterocycles. The van der Waals surface area contributed by atoms with Gasteiger partial charge in [-0.2, -0.15) is 13.2 Å². The quantitative estimate of drug-likeness (QED) is 0.805. The molecule has 0 fully saturated rings. The van der Waals surface area contributed by atoms with Crippen molar-refractivity contribution in [3.8, 4) is 0 Å². The molecule has 1 aliphatic rings. The van der Waals surface area contributed by atoms with E-state index in [0.717, 1.165) is 36.4 Å². The highest BCUT2D eigenvalue weighted by Gasteiger charge is 2.32. The van der Waals surface area contributed by atoms with Crippen molar-refractivity contribution in [2.24, 2.45) is 0 Å². The molecule has 0 atom stereocenters. The Labute approximate surface area is 125 Å². The summed E-state index contributed by atoms with van der Waals surface area (Å²) in [6.45, 7) is 0.552. The third-order valence-electron chi connectivity index (χ3n) is 3.66. The molecule has 1 aliphatic heterocycles. The molecule has 0 spiro atoms. The molecule has 1 aromatic carbocycles. The van der Waals surface area contributed by atoms with Crippen LogP contribution in [-0.4, -0.2) is 17.4 Å². The van der Waals surface area contributed by atoms with Gasteiger partial charge in [-0.15, -0.1) is 0 Å². The number of anilines is 1. The average molecular weight is 306 g/mol. The van der Waals surface area contributed by atoms with Crippen molar-refractivity contribution in [2.45, 2.75) is 19.0 Å². The fourth-order valence-electron chi connectivity index (χ4n) is 2.59. The topological polar surface area (TPSA) is 33.2 Å². The van der Waals surface area contributed by atoms with Crippen LogP contribution in [0.5, 0.6) is 0 Å². The molecular weight excluding hydrogens is 293 g/mol. The molecule has 0 radical (unpaired) electrons. The highest BCUT2D eigenvalue weighted by molar-refractivity contribution is 6.06. The third-order valence-corrected chi connectivity index (χ3v) is 3.66. The van der Waals surface area contributed by atoms with E-state index in [9.17, 15) is 18.0 Å². The summed E-state index contributed by atoms with van der Waals surface area (Å²) >= 11 is 0. The van der Waals surface area contributed by atoms with Crippen LogP contribution in [0.25, 0.3) is 0 Å². The minimum absolute atomic E-state index is 0.157. The molecule has 3 nitrogen and oxygen atoms in total. The average Bonchev–Trinajstić information content (AvgIpc) is 2.53. The van der Waals surface area contributed by atoms with Gasteiger partial charge in [0, 0.05) is 18.4 Å². The molecule has 0 saturated heterocycles. The smallest absolute Gasteiger partial charge is 0.308 e. The highest BCUT2D eigenvalue weighted by atomic mass is 19.4. The number of rotatable bonds is 1. The van der Waals surface area contributed by atoms with Gasteiger partial charge in [0.1, 0.15) is 5.69 Å². The Balaban J connectivity index is 1.89. The largest absolute Gasteiger partial charge is 0.433 e. The van der Waals surface area contributed by atoms with Crippen molar-refractivity contribution in [1.29, 1.82) is 0 Å². The molecule has 0 bridgehead atoms. The summed E-state index contributed by atoms with van der Waals surface area (Å²) in [6, 6.07) is 9.57. The number of para-hydroxylation sites is 1. The molecule has 0 saturated carbocycles. The lowest BCUT2D eigenvalue weighted by Gasteiger charge is -2.29. The van der Waals surface area contributed by atoms with Crippen molar-refractivity contribution < 1.29 is 18.0 Å². The number of fused-ring (bicyclic) bond motifs is 1. The standard InChI is InChI=1S/C16H13F3N2O/c17-16(18,19)14-8-7-12(10-20-14)15(22)21-9-3-5-11-4-1-2-6-13(11)21/h1-2,4,6-8,10H,3,5,9H2. The molecule has 114 valence electrons. The lowest BCUT2D eigenvalue weighted by Crippen LogP contribution is -2.35. The summed E-state index contributed by atoms with van der Waals surface area (Å²) in [5.41, 5.74) is 1.05. The van der Waals surface area contributed by atoms with Gasteiger partial charge in [0.05, 0.1) is 5.56 Å².